The van der Waals surface area contributed by atoms with Crippen LogP contribution in [0.4, 0.5) is 0 Å². The molecule has 1 saturated carbocycles. The molecule has 2 atom stereocenters. The molecule has 1 aliphatic carbocycles. The van der Waals surface area contributed by atoms with Gasteiger partial charge in [-0.2, -0.15) is 0 Å². The molecule has 0 aromatic carbocycles. The van der Waals surface area contributed by atoms with Gasteiger partial charge < -0.3 is 16.0 Å². The molecule has 2 unspecified atom stereocenters. The first-order valence-corrected chi connectivity index (χ1v) is 6.87. The van der Waals surface area contributed by atoms with Crippen LogP contribution < -0.4 is 11.1 Å². The van der Waals surface area contributed by atoms with Crippen LogP contribution in [0.3, 0.4) is 0 Å². The molecule has 1 amide bonds. The van der Waals surface area contributed by atoms with Crippen LogP contribution in [0.1, 0.15) is 38.5 Å². The molecular formula is C13H23N3O. The predicted octanol–water partition coefficient (Wildman–Crippen LogP) is 0.467. The topological polar surface area (TPSA) is 58.4 Å². The number of amides is 1. The third kappa shape index (κ3) is 2.08. The van der Waals surface area contributed by atoms with E-state index in [1.165, 1.54) is 25.7 Å². The van der Waals surface area contributed by atoms with Crippen molar-refractivity contribution in [2.75, 3.05) is 13.6 Å². The van der Waals surface area contributed by atoms with Crippen LogP contribution in [0.15, 0.2) is 0 Å². The number of nitrogens with zero attached hydrogens (tertiary/aromatic N) is 1. The Bertz CT molecular complexity index is 313. The number of carbonyl (C=O) groups is 1. The van der Waals surface area contributed by atoms with Crippen molar-refractivity contribution in [1.82, 2.24) is 10.2 Å². The standard InChI is InChI=1S/C13H23N3O/c1-16-10-2-3-11(16)7-9(6-10)8-15-12(17)13(14)4-5-13/h9-11H,2-8,14H2,1H3,(H,15,17). The van der Waals surface area contributed by atoms with E-state index < -0.39 is 5.54 Å². The lowest BCUT2D eigenvalue weighted by Gasteiger charge is -2.36. The van der Waals surface area contributed by atoms with E-state index in [1.54, 1.807) is 0 Å². The highest BCUT2D eigenvalue weighted by Gasteiger charge is 2.46. The number of nitrogens with one attached hydrogen (secondary N) is 1. The minimum Gasteiger partial charge on any atom is -0.354 e. The normalized spacial score (nSPS) is 39.1. The van der Waals surface area contributed by atoms with E-state index >= 15 is 0 Å². The fourth-order valence-electron chi connectivity index (χ4n) is 3.47. The number of hydrogen-bond acceptors (Lipinski definition) is 3. The fourth-order valence-corrected chi connectivity index (χ4v) is 3.47. The van der Waals surface area contributed by atoms with Crippen molar-refractivity contribution < 1.29 is 4.79 Å². The molecule has 3 rings (SSSR count). The van der Waals surface area contributed by atoms with Crippen LogP contribution in [0.2, 0.25) is 0 Å². The monoisotopic (exact) mass is 237 g/mol. The maximum absolute atomic E-state index is 11.8. The first-order valence-electron chi connectivity index (χ1n) is 6.87. The second-order valence-corrected chi connectivity index (χ2v) is 6.25. The molecule has 3 fully saturated rings. The summed E-state index contributed by atoms with van der Waals surface area (Å²) in [4.78, 5) is 14.3. The minimum absolute atomic E-state index is 0.0729. The molecule has 2 bridgehead atoms. The van der Waals surface area contributed by atoms with Gasteiger partial charge in [0.2, 0.25) is 5.91 Å². The summed E-state index contributed by atoms with van der Waals surface area (Å²) in [5.74, 6) is 0.735. The third-order valence-corrected chi connectivity index (χ3v) is 4.99. The smallest absolute Gasteiger partial charge is 0.240 e. The van der Waals surface area contributed by atoms with E-state index in [2.05, 4.69) is 17.3 Å². The molecule has 2 heterocycles. The quantitative estimate of drug-likeness (QED) is 0.750. The Hall–Kier alpha value is -0.610. The van der Waals surface area contributed by atoms with E-state index in [4.69, 9.17) is 5.73 Å². The number of rotatable bonds is 3. The van der Waals surface area contributed by atoms with Crippen molar-refractivity contribution in [3.63, 3.8) is 0 Å². The Kier molecular flexibility index (Phi) is 2.67. The van der Waals surface area contributed by atoms with Crippen molar-refractivity contribution in [3.8, 4) is 0 Å². The maximum atomic E-state index is 11.8. The summed E-state index contributed by atoms with van der Waals surface area (Å²) in [6, 6.07) is 1.51. The van der Waals surface area contributed by atoms with Gasteiger partial charge in [0.1, 0.15) is 0 Å². The second kappa shape index (κ2) is 3.95. The molecular weight excluding hydrogens is 214 g/mol. The second-order valence-electron chi connectivity index (χ2n) is 6.25. The molecule has 0 aromatic rings. The molecule has 4 heteroatoms. The highest BCUT2D eigenvalue weighted by molar-refractivity contribution is 5.88. The van der Waals surface area contributed by atoms with Gasteiger partial charge in [-0.25, -0.2) is 0 Å². The number of piperidine rings is 1. The van der Waals surface area contributed by atoms with Crippen LogP contribution in [-0.2, 0) is 4.79 Å². The fraction of sp³-hybridized carbons (Fsp3) is 0.923. The predicted molar refractivity (Wildman–Crippen MR) is 66.5 cm³/mol. The Labute approximate surface area is 103 Å². The third-order valence-electron chi connectivity index (χ3n) is 4.99. The zero-order valence-electron chi connectivity index (χ0n) is 10.6. The lowest BCUT2D eigenvalue weighted by molar-refractivity contribution is -0.123. The summed E-state index contributed by atoms with van der Waals surface area (Å²) in [6.45, 7) is 0.832. The Morgan fingerprint density at radius 2 is 1.94 bits per heavy atom. The lowest BCUT2D eigenvalue weighted by Crippen LogP contribution is -2.47. The van der Waals surface area contributed by atoms with Gasteiger partial charge in [-0.05, 0) is 51.5 Å². The maximum Gasteiger partial charge on any atom is 0.240 e. The average molecular weight is 237 g/mol. The summed E-state index contributed by atoms with van der Waals surface area (Å²) >= 11 is 0. The molecule has 0 aromatic heterocycles. The molecule has 2 saturated heterocycles. The van der Waals surface area contributed by atoms with E-state index in [9.17, 15) is 4.79 Å². The molecule has 17 heavy (non-hydrogen) atoms. The zero-order chi connectivity index (χ0) is 12.0. The van der Waals surface area contributed by atoms with Gasteiger partial charge in [0.25, 0.3) is 0 Å². The van der Waals surface area contributed by atoms with Gasteiger partial charge in [0, 0.05) is 18.6 Å². The van der Waals surface area contributed by atoms with Crippen molar-refractivity contribution in [1.29, 1.82) is 0 Å². The van der Waals surface area contributed by atoms with Gasteiger partial charge in [-0.15, -0.1) is 0 Å². The van der Waals surface area contributed by atoms with E-state index in [-0.39, 0.29) is 5.91 Å². The van der Waals surface area contributed by atoms with Crippen LogP contribution in [0.5, 0.6) is 0 Å². The minimum atomic E-state index is -0.509. The van der Waals surface area contributed by atoms with Crippen molar-refractivity contribution >= 4 is 5.91 Å². The molecule has 0 radical (unpaired) electrons. The van der Waals surface area contributed by atoms with E-state index in [0.29, 0.717) is 5.92 Å². The van der Waals surface area contributed by atoms with Crippen LogP contribution in [0, 0.1) is 5.92 Å². The number of carbonyl (C=O) groups excluding carboxylic acids is 1. The summed E-state index contributed by atoms with van der Waals surface area (Å²) in [5, 5.41) is 3.06. The number of fused-ring (bicyclic) bond motifs is 2. The Morgan fingerprint density at radius 1 is 1.35 bits per heavy atom. The lowest BCUT2D eigenvalue weighted by atomic mass is 9.91. The number of hydrogen-bond donors (Lipinski definition) is 2. The van der Waals surface area contributed by atoms with Crippen molar-refractivity contribution in [3.05, 3.63) is 0 Å². The molecule has 2 aliphatic heterocycles. The SMILES string of the molecule is CN1C2CCC1CC(CNC(=O)C1(N)CC1)C2. The molecule has 3 N–H and O–H groups in total. The summed E-state index contributed by atoms with van der Waals surface area (Å²) < 4.78 is 0. The van der Waals surface area contributed by atoms with Crippen molar-refractivity contribution in [2.45, 2.75) is 56.1 Å². The van der Waals surface area contributed by atoms with Gasteiger partial charge >= 0.3 is 0 Å². The Morgan fingerprint density at radius 3 is 2.47 bits per heavy atom. The molecule has 0 spiro atoms. The molecule has 4 nitrogen and oxygen atoms in total. The Balaban J connectivity index is 1.49. The molecule has 3 aliphatic rings. The van der Waals surface area contributed by atoms with Crippen LogP contribution in [-0.4, -0.2) is 42.0 Å². The van der Waals surface area contributed by atoms with Gasteiger partial charge in [-0.1, -0.05) is 0 Å². The molecule has 96 valence electrons. The number of nitrogens with two attached hydrogens (primary N) is 1. The summed E-state index contributed by atoms with van der Waals surface area (Å²) in [5.41, 5.74) is 5.36. The summed E-state index contributed by atoms with van der Waals surface area (Å²) in [7, 11) is 2.25. The van der Waals surface area contributed by atoms with Gasteiger partial charge in [0.15, 0.2) is 0 Å². The van der Waals surface area contributed by atoms with Gasteiger partial charge in [0.05, 0.1) is 5.54 Å². The highest BCUT2D eigenvalue weighted by Crippen LogP contribution is 2.37. The summed E-state index contributed by atoms with van der Waals surface area (Å²) in [6.07, 6.45) is 6.88. The average Bonchev–Trinajstić information content (AvgIpc) is 3.03. The first kappa shape index (κ1) is 11.5. The highest BCUT2D eigenvalue weighted by atomic mass is 16.2. The first-order chi connectivity index (χ1) is 8.08. The van der Waals surface area contributed by atoms with Crippen molar-refractivity contribution in [2.24, 2.45) is 11.7 Å². The van der Waals surface area contributed by atoms with E-state index in [1.807, 2.05) is 0 Å². The van der Waals surface area contributed by atoms with Gasteiger partial charge in [-0.3, -0.25) is 4.79 Å². The zero-order valence-corrected chi connectivity index (χ0v) is 10.6. The van der Waals surface area contributed by atoms with E-state index in [0.717, 1.165) is 31.5 Å². The largest absolute Gasteiger partial charge is 0.354 e. The van der Waals surface area contributed by atoms with Crippen LogP contribution in [0.25, 0.3) is 0 Å². The van der Waals surface area contributed by atoms with Crippen LogP contribution >= 0.6 is 0 Å².